The number of carbonyl (C=O) groups excluding carboxylic acids is 2. The number of aryl methyl sites for hydroxylation is 1. The molecule has 1 aromatic rings. The molecular weight excluding hydrogens is 340 g/mol. The van der Waals surface area contributed by atoms with Gasteiger partial charge in [-0.3, -0.25) is 9.59 Å². The number of rotatable bonds is 4. The Labute approximate surface area is 162 Å². The van der Waals surface area contributed by atoms with Crippen LogP contribution < -0.4 is 4.74 Å². The zero-order valence-electron chi connectivity index (χ0n) is 16.4. The summed E-state index contributed by atoms with van der Waals surface area (Å²) in [5, 5.41) is 0. The normalized spacial score (nSPS) is 21.0. The van der Waals surface area contributed by atoms with Gasteiger partial charge >= 0.3 is 0 Å². The fraction of sp³-hybridized carbons (Fsp3) is 0.545. The lowest BCUT2D eigenvalue weighted by Crippen LogP contribution is -2.46. The molecule has 2 aliphatic heterocycles. The Bertz CT molecular complexity index is 708. The molecule has 1 atom stereocenters. The highest BCUT2D eigenvalue weighted by Gasteiger charge is 2.32. The van der Waals surface area contributed by atoms with Crippen LogP contribution in [0.15, 0.2) is 30.9 Å². The van der Waals surface area contributed by atoms with Crippen molar-refractivity contribution >= 4 is 11.8 Å². The van der Waals surface area contributed by atoms with E-state index in [9.17, 15) is 9.59 Å². The zero-order valence-corrected chi connectivity index (χ0v) is 16.4. The molecule has 3 rings (SSSR count). The minimum atomic E-state index is -0.0350. The third-order valence-electron chi connectivity index (χ3n) is 5.97. The molecule has 0 radical (unpaired) electrons. The minimum absolute atomic E-state index is 0.0326. The van der Waals surface area contributed by atoms with Gasteiger partial charge in [0, 0.05) is 38.0 Å². The molecule has 5 heteroatoms. The summed E-state index contributed by atoms with van der Waals surface area (Å²) < 4.78 is 5.46. The predicted octanol–water partition coefficient (Wildman–Crippen LogP) is 3.13. The van der Waals surface area contributed by atoms with E-state index in [0.29, 0.717) is 19.0 Å². The maximum absolute atomic E-state index is 13.0. The van der Waals surface area contributed by atoms with Crippen molar-refractivity contribution in [2.45, 2.75) is 38.5 Å². The molecule has 2 amide bonds. The average Bonchev–Trinajstić information content (AvgIpc) is 2.73. The molecule has 1 aromatic carbocycles. The quantitative estimate of drug-likeness (QED) is 0.765. The molecule has 27 heavy (non-hydrogen) atoms. The van der Waals surface area contributed by atoms with Gasteiger partial charge in [-0.05, 0) is 55.9 Å². The highest BCUT2D eigenvalue weighted by Crippen LogP contribution is 2.32. The lowest BCUT2D eigenvalue weighted by Gasteiger charge is -2.38. The predicted molar refractivity (Wildman–Crippen MR) is 106 cm³/mol. The van der Waals surface area contributed by atoms with Crippen molar-refractivity contribution < 1.29 is 14.3 Å². The zero-order chi connectivity index (χ0) is 19.4. The van der Waals surface area contributed by atoms with Crippen molar-refractivity contribution in [3.05, 3.63) is 42.0 Å². The Morgan fingerprint density at radius 3 is 2.56 bits per heavy atom. The SMILES string of the molecule is C=CC(=O)N1CCC(C(=O)N2CCCC(c3ccc(C)c(OC)c3)C2)CC1. The van der Waals surface area contributed by atoms with Crippen molar-refractivity contribution in [3.63, 3.8) is 0 Å². The van der Waals surface area contributed by atoms with E-state index in [1.165, 1.54) is 11.6 Å². The number of hydrogen-bond acceptors (Lipinski definition) is 3. The lowest BCUT2D eigenvalue weighted by atomic mass is 9.88. The third kappa shape index (κ3) is 4.34. The van der Waals surface area contributed by atoms with Gasteiger partial charge in [0.1, 0.15) is 5.75 Å². The van der Waals surface area contributed by atoms with Gasteiger partial charge in [-0.15, -0.1) is 0 Å². The summed E-state index contributed by atoms with van der Waals surface area (Å²) in [6, 6.07) is 6.38. The first-order valence-electron chi connectivity index (χ1n) is 9.88. The average molecular weight is 370 g/mol. The van der Waals surface area contributed by atoms with E-state index >= 15 is 0 Å². The van der Waals surface area contributed by atoms with Crippen LogP contribution in [0, 0.1) is 12.8 Å². The molecule has 146 valence electrons. The van der Waals surface area contributed by atoms with Crippen LogP contribution in [0.4, 0.5) is 0 Å². The highest BCUT2D eigenvalue weighted by atomic mass is 16.5. The summed E-state index contributed by atoms with van der Waals surface area (Å²) in [4.78, 5) is 28.6. The molecule has 2 saturated heterocycles. The smallest absolute Gasteiger partial charge is 0.245 e. The number of methoxy groups -OCH3 is 1. The summed E-state index contributed by atoms with van der Waals surface area (Å²) in [5.74, 6) is 1.52. The van der Waals surface area contributed by atoms with E-state index in [4.69, 9.17) is 4.74 Å². The van der Waals surface area contributed by atoms with Crippen LogP contribution in [0.5, 0.6) is 5.75 Å². The Morgan fingerprint density at radius 1 is 1.15 bits per heavy atom. The number of carbonyl (C=O) groups is 2. The van der Waals surface area contributed by atoms with E-state index in [-0.39, 0.29) is 17.7 Å². The number of benzene rings is 1. The number of piperidine rings is 2. The molecule has 2 fully saturated rings. The highest BCUT2D eigenvalue weighted by molar-refractivity contribution is 5.87. The van der Waals surface area contributed by atoms with Gasteiger partial charge in [0.25, 0.3) is 0 Å². The molecule has 5 nitrogen and oxygen atoms in total. The first kappa shape index (κ1) is 19.5. The maximum Gasteiger partial charge on any atom is 0.245 e. The number of nitrogens with zero attached hydrogens (tertiary/aromatic N) is 2. The lowest BCUT2D eigenvalue weighted by molar-refractivity contribution is -0.140. The fourth-order valence-corrected chi connectivity index (χ4v) is 4.27. The minimum Gasteiger partial charge on any atom is -0.496 e. The second kappa shape index (κ2) is 8.59. The van der Waals surface area contributed by atoms with Crippen molar-refractivity contribution in [2.75, 3.05) is 33.3 Å². The van der Waals surface area contributed by atoms with Crippen LogP contribution in [0.1, 0.15) is 42.7 Å². The van der Waals surface area contributed by atoms with Crippen LogP contribution in [0.3, 0.4) is 0 Å². The van der Waals surface area contributed by atoms with Crippen LogP contribution in [0.25, 0.3) is 0 Å². The van der Waals surface area contributed by atoms with Crippen molar-refractivity contribution in [1.29, 1.82) is 0 Å². The molecule has 0 spiro atoms. The van der Waals surface area contributed by atoms with E-state index in [0.717, 1.165) is 50.1 Å². The van der Waals surface area contributed by atoms with E-state index in [1.807, 2.05) is 11.8 Å². The van der Waals surface area contributed by atoms with Gasteiger partial charge in [-0.1, -0.05) is 18.7 Å². The Balaban J connectivity index is 1.62. The molecule has 2 aliphatic rings. The molecule has 2 heterocycles. The van der Waals surface area contributed by atoms with Crippen molar-refractivity contribution in [2.24, 2.45) is 5.92 Å². The maximum atomic E-state index is 13.0. The van der Waals surface area contributed by atoms with Crippen molar-refractivity contribution in [3.8, 4) is 5.75 Å². The van der Waals surface area contributed by atoms with Gasteiger partial charge < -0.3 is 14.5 Å². The topological polar surface area (TPSA) is 49.9 Å². The van der Waals surface area contributed by atoms with Crippen LogP contribution in [0.2, 0.25) is 0 Å². The molecule has 1 unspecified atom stereocenters. The van der Waals surface area contributed by atoms with Gasteiger partial charge in [0.2, 0.25) is 11.8 Å². The first-order valence-corrected chi connectivity index (χ1v) is 9.88. The second-order valence-electron chi connectivity index (χ2n) is 7.66. The van der Waals surface area contributed by atoms with E-state index in [2.05, 4.69) is 24.8 Å². The largest absolute Gasteiger partial charge is 0.496 e. The molecular formula is C22H30N2O3. The summed E-state index contributed by atoms with van der Waals surface area (Å²) >= 11 is 0. The third-order valence-corrected chi connectivity index (χ3v) is 5.97. The summed E-state index contributed by atoms with van der Waals surface area (Å²) in [7, 11) is 1.70. The molecule has 0 N–H and O–H groups in total. The summed E-state index contributed by atoms with van der Waals surface area (Å²) in [6.45, 7) is 8.49. The Morgan fingerprint density at radius 2 is 1.89 bits per heavy atom. The van der Waals surface area contributed by atoms with E-state index < -0.39 is 0 Å². The van der Waals surface area contributed by atoms with Crippen LogP contribution in [-0.4, -0.2) is 54.9 Å². The number of amides is 2. The monoisotopic (exact) mass is 370 g/mol. The van der Waals surface area contributed by atoms with Crippen LogP contribution in [-0.2, 0) is 9.59 Å². The number of likely N-dealkylation sites (tertiary alicyclic amines) is 2. The summed E-state index contributed by atoms with van der Waals surface area (Å²) in [5.41, 5.74) is 2.38. The fourth-order valence-electron chi connectivity index (χ4n) is 4.27. The van der Waals surface area contributed by atoms with Crippen LogP contribution >= 0.6 is 0 Å². The molecule has 0 aromatic heterocycles. The van der Waals surface area contributed by atoms with Gasteiger partial charge in [-0.2, -0.15) is 0 Å². The Kier molecular flexibility index (Phi) is 6.19. The molecule has 0 saturated carbocycles. The van der Waals surface area contributed by atoms with E-state index in [1.54, 1.807) is 12.0 Å². The van der Waals surface area contributed by atoms with Crippen molar-refractivity contribution in [1.82, 2.24) is 9.80 Å². The number of hydrogen-bond donors (Lipinski definition) is 0. The standard InChI is InChI=1S/C22H30N2O3/c1-4-21(25)23-12-9-17(10-13-23)22(26)24-11-5-6-19(15-24)18-8-7-16(2)20(14-18)27-3/h4,7-8,14,17,19H,1,5-6,9-13,15H2,2-3H3. The second-order valence-corrected chi connectivity index (χ2v) is 7.66. The first-order chi connectivity index (χ1) is 13.0. The molecule has 0 aliphatic carbocycles. The molecule has 0 bridgehead atoms. The van der Waals surface area contributed by atoms with Gasteiger partial charge in [-0.25, -0.2) is 0 Å². The Hall–Kier alpha value is -2.30. The number of ether oxygens (including phenoxy) is 1. The van der Waals surface area contributed by atoms with Gasteiger partial charge in [0.05, 0.1) is 7.11 Å². The summed E-state index contributed by atoms with van der Waals surface area (Å²) in [6.07, 6.45) is 4.98. The van der Waals surface area contributed by atoms with Gasteiger partial charge in [0.15, 0.2) is 0 Å².